The van der Waals surface area contributed by atoms with Crippen LogP contribution in [0.1, 0.15) is 12.1 Å². The van der Waals surface area contributed by atoms with Crippen LogP contribution in [-0.2, 0) is 6.54 Å². The smallest absolute Gasteiger partial charge is 0.352 e. The van der Waals surface area contributed by atoms with E-state index < -0.39 is 12.7 Å². The number of aromatic nitrogens is 2. The highest BCUT2D eigenvalue weighted by atomic mass is 19.4. The van der Waals surface area contributed by atoms with Gasteiger partial charge in [-0.15, -0.1) is 0 Å². The largest absolute Gasteiger partial charge is 0.401 e. The van der Waals surface area contributed by atoms with Crippen LogP contribution in [0.4, 0.5) is 13.2 Å². The number of halogens is 3. The van der Waals surface area contributed by atoms with Crippen molar-refractivity contribution in [2.75, 3.05) is 26.7 Å². The molecule has 1 atom stereocenters. The molecule has 9 heteroatoms. The van der Waals surface area contributed by atoms with Gasteiger partial charge in [-0.1, -0.05) is 18.2 Å². The molecule has 27 heavy (non-hydrogen) atoms. The number of hydrogen-bond acceptors (Lipinski definition) is 3. The number of para-hydroxylation sites is 1. The second kappa shape index (κ2) is 8.43. The van der Waals surface area contributed by atoms with Gasteiger partial charge in [-0.3, -0.25) is 9.89 Å². The van der Waals surface area contributed by atoms with Crippen molar-refractivity contribution in [1.82, 2.24) is 25.3 Å². The lowest BCUT2D eigenvalue weighted by atomic mass is 10.3. The van der Waals surface area contributed by atoms with Crippen LogP contribution in [0.25, 0.3) is 5.69 Å². The van der Waals surface area contributed by atoms with Gasteiger partial charge in [0.1, 0.15) is 0 Å². The third-order valence-corrected chi connectivity index (χ3v) is 4.34. The predicted octanol–water partition coefficient (Wildman–Crippen LogP) is 2.17. The third-order valence-electron chi connectivity index (χ3n) is 4.34. The van der Waals surface area contributed by atoms with Crippen molar-refractivity contribution in [3.8, 4) is 5.69 Å². The molecule has 146 valence electrons. The summed E-state index contributed by atoms with van der Waals surface area (Å²) in [4.78, 5) is 5.56. The van der Waals surface area contributed by atoms with Gasteiger partial charge in [-0.05, 0) is 24.6 Å². The highest BCUT2D eigenvalue weighted by molar-refractivity contribution is 5.79. The number of nitrogens with one attached hydrogen (secondary N) is 2. The van der Waals surface area contributed by atoms with Crippen molar-refractivity contribution < 1.29 is 13.2 Å². The summed E-state index contributed by atoms with van der Waals surface area (Å²) < 4.78 is 39.3. The normalized spacial score (nSPS) is 18.7. The monoisotopic (exact) mass is 380 g/mol. The van der Waals surface area contributed by atoms with Gasteiger partial charge in [-0.25, -0.2) is 4.68 Å². The number of likely N-dealkylation sites (tertiary alicyclic amines) is 1. The lowest BCUT2D eigenvalue weighted by Gasteiger charge is -2.19. The number of benzene rings is 1. The fraction of sp³-hybridized carbons (Fsp3) is 0.444. The Morgan fingerprint density at radius 3 is 2.74 bits per heavy atom. The molecule has 0 radical (unpaired) electrons. The van der Waals surface area contributed by atoms with Crippen molar-refractivity contribution in [3.05, 3.63) is 48.3 Å². The molecule has 1 aromatic heterocycles. The van der Waals surface area contributed by atoms with Gasteiger partial charge in [0.15, 0.2) is 5.96 Å². The first-order chi connectivity index (χ1) is 12.9. The molecule has 1 aromatic carbocycles. The third kappa shape index (κ3) is 5.72. The molecular weight excluding hydrogens is 357 g/mol. The Labute approximate surface area is 156 Å². The zero-order valence-electron chi connectivity index (χ0n) is 15.1. The van der Waals surface area contributed by atoms with Crippen LogP contribution >= 0.6 is 0 Å². The van der Waals surface area contributed by atoms with Crippen LogP contribution in [-0.4, -0.2) is 59.5 Å². The lowest BCUT2D eigenvalue weighted by Crippen LogP contribution is -2.45. The van der Waals surface area contributed by atoms with E-state index in [9.17, 15) is 13.2 Å². The molecule has 1 unspecified atom stereocenters. The Morgan fingerprint density at radius 2 is 2.04 bits per heavy atom. The van der Waals surface area contributed by atoms with Gasteiger partial charge in [0.25, 0.3) is 0 Å². The van der Waals surface area contributed by atoms with Crippen molar-refractivity contribution in [3.63, 3.8) is 0 Å². The van der Waals surface area contributed by atoms with Crippen LogP contribution in [0.3, 0.4) is 0 Å². The van der Waals surface area contributed by atoms with Crippen LogP contribution in [0, 0.1) is 0 Å². The molecule has 0 spiro atoms. The van der Waals surface area contributed by atoms with Gasteiger partial charge in [0.05, 0.1) is 24.5 Å². The second-order valence-corrected chi connectivity index (χ2v) is 6.49. The predicted molar refractivity (Wildman–Crippen MR) is 97.8 cm³/mol. The fourth-order valence-electron chi connectivity index (χ4n) is 3.09. The molecule has 0 bridgehead atoms. The van der Waals surface area contributed by atoms with E-state index in [-0.39, 0.29) is 6.04 Å². The fourth-order valence-corrected chi connectivity index (χ4v) is 3.09. The molecule has 0 saturated carbocycles. The van der Waals surface area contributed by atoms with Crippen molar-refractivity contribution in [1.29, 1.82) is 0 Å². The first-order valence-corrected chi connectivity index (χ1v) is 8.79. The van der Waals surface area contributed by atoms with Crippen LogP contribution in [0.15, 0.2) is 47.6 Å². The maximum absolute atomic E-state index is 12.5. The van der Waals surface area contributed by atoms with Gasteiger partial charge in [-0.2, -0.15) is 18.3 Å². The summed E-state index contributed by atoms with van der Waals surface area (Å²) in [5.41, 5.74) is 1.81. The van der Waals surface area contributed by atoms with Gasteiger partial charge < -0.3 is 10.6 Å². The number of nitrogens with zero attached hydrogens (tertiary/aromatic N) is 4. The first-order valence-electron chi connectivity index (χ1n) is 8.79. The average molecular weight is 380 g/mol. The molecule has 1 aliphatic heterocycles. The molecule has 2 heterocycles. The molecule has 1 fully saturated rings. The zero-order valence-corrected chi connectivity index (χ0v) is 15.1. The Morgan fingerprint density at radius 1 is 1.26 bits per heavy atom. The maximum atomic E-state index is 12.5. The summed E-state index contributed by atoms with van der Waals surface area (Å²) in [5.74, 6) is 0.558. The van der Waals surface area contributed by atoms with E-state index in [1.807, 2.05) is 42.6 Å². The Hall–Kier alpha value is -2.55. The highest BCUT2D eigenvalue weighted by Crippen LogP contribution is 2.19. The zero-order chi connectivity index (χ0) is 19.3. The quantitative estimate of drug-likeness (QED) is 0.617. The van der Waals surface area contributed by atoms with E-state index in [1.165, 1.54) is 4.90 Å². The van der Waals surface area contributed by atoms with Crippen LogP contribution in [0.5, 0.6) is 0 Å². The Bertz CT molecular complexity index is 756. The summed E-state index contributed by atoms with van der Waals surface area (Å²) >= 11 is 0. The molecular formula is C18H23F3N6. The number of hydrogen-bond donors (Lipinski definition) is 2. The molecule has 1 saturated heterocycles. The molecule has 3 rings (SSSR count). The minimum Gasteiger partial charge on any atom is -0.352 e. The Balaban J connectivity index is 1.48. The minimum atomic E-state index is -4.16. The number of guanidine groups is 1. The first kappa shape index (κ1) is 19.2. The lowest BCUT2D eigenvalue weighted by molar-refractivity contribution is -0.143. The van der Waals surface area contributed by atoms with Crippen LogP contribution < -0.4 is 10.6 Å². The van der Waals surface area contributed by atoms with Crippen molar-refractivity contribution in [2.24, 2.45) is 4.99 Å². The van der Waals surface area contributed by atoms with Crippen LogP contribution in [0.2, 0.25) is 0 Å². The molecule has 2 aromatic rings. The number of rotatable bonds is 5. The molecule has 0 amide bonds. The SMILES string of the molecule is CN=C(NCc1ccn(-c2ccccc2)n1)NC1CCN(CC(F)(F)F)C1. The average Bonchev–Trinajstić information content (AvgIpc) is 3.27. The minimum absolute atomic E-state index is 0.0552. The standard InChI is InChI=1S/C18H23F3N6/c1-22-17(24-15-7-9-26(12-15)13-18(19,20)21)23-11-14-8-10-27(25-14)16-5-3-2-4-6-16/h2-6,8,10,15H,7,9,11-13H2,1H3,(H2,22,23,24). The van der Waals surface area contributed by atoms with Gasteiger partial charge >= 0.3 is 6.18 Å². The van der Waals surface area contributed by atoms with E-state index in [1.54, 1.807) is 11.7 Å². The van der Waals surface area contributed by atoms with E-state index in [0.29, 0.717) is 32.0 Å². The van der Waals surface area contributed by atoms with E-state index >= 15 is 0 Å². The summed E-state index contributed by atoms with van der Waals surface area (Å²) in [6.07, 6.45) is -1.62. The summed E-state index contributed by atoms with van der Waals surface area (Å²) in [6, 6.07) is 11.6. The molecule has 2 N–H and O–H groups in total. The number of aliphatic imine (C=N–C) groups is 1. The topological polar surface area (TPSA) is 57.5 Å². The summed E-state index contributed by atoms with van der Waals surface area (Å²) in [6.45, 7) is 0.380. The van der Waals surface area contributed by atoms with E-state index in [0.717, 1.165) is 11.4 Å². The molecule has 1 aliphatic rings. The number of alkyl halides is 3. The van der Waals surface area contributed by atoms with E-state index in [4.69, 9.17) is 0 Å². The highest BCUT2D eigenvalue weighted by Gasteiger charge is 2.34. The van der Waals surface area contributed by atoms with Gasteiger partial charge in [0, 0.05) is 32.4 Å². The molecule has 6 nitrogen and oxygen atoms in total. The van der Waals surface area contributed by atoms with Crippen molar-refractivity contribution >= 4 is 5.96 Å². The Kier molecular flexibility index (Phi) is 6.00. The maximum Gasteiger partial charge on any atom is 0.401 e. The van der Waals surface area contributed by atoms with Crippen molar-refractivity contribution in [2.45, 2.75) is 25.2 Å². The molecule has 0 aliphatic carbocycles. The van der Waals surface area contributed by atoms with Gasteiger partial charge in [0.2, 0.25) is 0 Å². The summed E-state index contributed by atoms with van der Waals surface area (Å²) in [7, 11) is 1.64. The van der Waals surface area contributed by atoms with E-state index in [2.05, 4.69) is 20.7 Å². The summed E-state index contributed by atoms with van der Waals surface area (Å²) in [5, 5.41) is 10.9. The second-order valence-electron chi connectivity index (χ2n) is 6.49.